The number of amides is 1. The number of pyridine rings is 1. The number of rotatable bonds is 2. The fourth-order valence-electron chi connectivity index (χ4n) is 2.53. The molecule has 1 aliphatic heterocycles. The Kier molecular flexibility index (Phi) is 2.65. The lowest BCUT2D eigenvalue weighted by atomic mass is 10.0. The van der Waals surface area contributed by atoms with Gasteiger partial charge in [-0.25, -0.2) is 4.79 Å². The number of hydrogen-bond donors (Lipinski definition) is 2. The number of hydrogen-bond acceptors (Lipinski definition) is 4. The van der Waals surface area contributed by atoms with Gasteiger partial charge in [0, 0.05) is 12.7 Å². The number of nitrogens with one attached hydrogen (secondary N) is 1. The molecule has 106 valence electrons. The second-order valence-electron chi connectivity index (χ2n) is 4.63. The molecular formula is C14H10N2O5. The van der Waals surface area contributed by atoms with Crippen LogP contribution in [0.4, 0.5) is 5.69 Å². The first kappa shape index (κ1) is 13.0. The first-order valence-corrected chi connectivity index (χ1v) is 6.24. The third-order valence-corrected chi connectivity index (χ3v) is 3.50. The second-order valence-corrected chi connectivity index (χ2v) is 4.63. The van der Waals surface area contributed by atoms with Crippen LogP contribution in [0.1, 0.15) is 27.6 Å². The average molecular weight is 286 g/mol. The van der Waals surface area contributed by atoms with Crippen LogP contribution in [-0.4, -0.2) is 27.3 Å². The normalized spacial score (nSPS) is 13.4. The van der Waals surface area contributed by atoms with Gasteiger partial charge in [0.2, 0.25) is 5.43 Å². The number of nitrogens with zero attached hydrogens (tertiary/aromatic N) is 1. The fourth-order valence-corrected chi connectivity index (χ4v) is 2.53. The summed E-state index contributed by atoms with van der Waals surface area (Å²) in [7, 11) is 0. The van der Waals surface area contributed by atoms with Crippen LogP contribution in [0.25, 0.3) is 10.9 Å². The quantitative estimate of drug-likeness (QED) is 0.796. The topological polar surface area (TPSA) is 105 Å². The smallest absolute Gasteiger partial charge is 0.341 e. The lowest BCUT2D eigenvalue weighted by molar-refractivity contribution is -0.112. The molecule has 7 heteroatoms. The number of benzene rings is 1. The van der Waals surface area contributed by atoms with Gasteiger partial charge < -0.3 is 15.0 Å². The Morgan fingerprint density at radius 3 is 2.62 bits per heavy atom. The molecule has 0 atom stereocenters. The molecule has 1 aromatic carbocycles. The zero-order valence-electron chi connectivity index (χ0n) is 11.0. The van der Waals surface area contributed by atoms with Gasteiger partial charge in [-0.15, -0.1) is 0 Å². The van der Waals surface area contributed by atoms with Gasteiger partial charge in [-0.05, 0) is 19.1 Å². The van der Waals surface area contributed by atoms with Gasteiger partial charge in [-0.3, -0.25) is 14.4 Å². The van der Waals surface area contributed by atoms with Crippen LogP contribution >= 0.6 is 0 Å². The molecule has 1 aromatic heterocycles. The number of fused-ring (bicyclic) bond motifs is 3. The molecule has 0 fully saturated rings. The molecule has 3 rings (SSSR count). The number of aromatic carboxylic acids is 1. The molecule has 2 N–H and O–H groups in total. The average Bonchev–Trinajstić information content (AvgIpc) is 2.74. The van der Waals surface area contributed by atoms with Crippen molar-refractivity contribution >= 4 is 34.3 Å². The van der Waals surface area contributed by atoms with Gasteiger partial charge in [0.15, 0.2) is 0 Å². The lowest BCUT2D eigenvalue weighted by Crippen LogP contribution is -2.21. The number of aromatic nitrogens is 1. The number of carboxylic acids is 1. The van der Waals surface area contributed by atoms with Gasteiger partial charge in [0.25, 0.3) is 11.7 Å². The number of carbonyl (C=O) groups is 3. The molecule has 7 nitrogen and oxygen atoms in total. The van der Waals surface area contributed by atoms with Gasteiger partial charge in [0.1, 0.15) is 5.56 Å². The summed E-state index contributed by atoms with van der Waals surface area (Å²) in [6.07, 6.45) is 1.24. The summed E-state index contributed by atoms with van der Waals surface area (Å²) in [4.78, 5) is 47.0. The zero-order chi connectivity index (χ0) is 15.3. The van der Waals surface area contributed by atoms with E-state index in [2.05, 4.69) is 5.32 Å². The van der Waals surface area contributed by atoms with Crippen molar-refractivity contribution in [3.05, 3.63) is 39.7 Å². The monoisotopic (exact) mass is 286 g/mol. The van der Waals surface area contributed by atoms with Crippen LogP contribution in [0.15, 0.2) is 23.1 Å². The van der Waals surface area contributed by atoms with Crippen LogP contribution in [0.3, 0.4) is 0 Å². The minimum Gasteiger partial charge on any atom is -0.477 e. The molecule has 1 aliphatic rings. The summed E-state index contributed by atoms with van der Waals surface area (Å²) in [6.45, 7) is 2.21. The number of anilines is 1. The highest BCUT2D eigenvalue weighted by atomic mass is 16.4. The van der Waals surface area contributed by atoms with E-state index in [9.17, 15) is 19.2 Å². The molecule has 1 amide bonds. The SMILES string of the molecule is CCn1cc(C(=O)O)c(=O)c2c3c(ccc21)NC(=O)C3=O. The van der Waals surface area contributed by atoms with E-state index >= 15 is 0 Å². The number of ketones is 1. The Hall–Kier alpha value is -2.96. The van der Waals surface area contributed by atoms with Crippen LogP contribution in [-0.2, 0) is 11.3 Å². The van der Waals surface area contributed by atoms with Gasteiger partial charge in [0.05, 0.1) is 22.2 Å². The van der Waals surface area contributed by atoms with Gasteiger partial charge in [-0.2, -0.15) is 0 Å². The van der Waals surface area contributed by atoms with Crippen molar-refractivity contribution in [3.63, 3.8) is 0 Å². The highest BCUT2D eigenvalue weighted by Crippen LogP contribution is 2.29. The Morgan fingerprint density at radius 1 is 1.29 bits per heavy atom. The van der Waals surface area contributed by atoms with Crippen LogP contribution in [0.2, 0.25) is 0 Å². The van der Waals surface area contributed by atoms with E-state index in [-0.39, 0.29) is 16.6 Å². The maximum Gasteiger partial charge on any atom is 0.341 e. The summed E-state index contributed by atoms with van der Waals surface area (Å²) < 4.78 is 1.57. The molecule has 2 aromatic rings. The highest BCUT2D eigenvalue weighted by molar-refractivity contribution is 6.53. The van der Waals surface area contributed by atoms with E-state index in [1.165, 1.54) is 12.3 Å². The predicted molar refractivity (Wildman–Crippen MR) is 73.8 cm³/mol. The molecule has 0 radical (unpaired) electrons. The molecule has 0 spiro atoms. The van der Waals surface area contributed by atoms with Crippen molar-refractivity contribution in [3.8, 4) is 0 Å². The Morgan fingerprint density at radius 2 is 2.00 bits per heavy atom. The number of carbonyl (C=O) groups excluding carboxylic acids is 2. The van der Waals surface area contributed by atoms with Crippen molar-refractivity contribution in [2.45, 2.75) is 13.5 Å². The van der Waals surface area contributed by atoms with Crippen LogP contribution in [0.5, 0.6) is 0 Å². The third-order valence-electron chi connectivity index (χ3n) is 3.50. The van der Waals surface area contributed by atoms with Crippen molar-refractivity contribution in [2.24, 2.45) is 0 Å². The standard InChI is InChI=1S/C14H10N2O5/c1-2-16-5-6(14(20)21)11(17)10-8(16)4-3-7-9(10)12(18)13(19)15-7/h3-5H,2H2,1H3,(H,20,21)(H,15,18,19). The summed E-state index contributed by atoms with van der Waals surface area (Å²) >= 11 is 0. The van der Waals surface area contributed by atoms with Gasteiger partial charge >= 0.3 is 5.97 Å². The second kappa shape index (κ2) is 4.27. The molecule has 0 aliphatic carbocycles. The van der Waals surface area contributed by atoms with Crippen molar-refractivity contribution in [1.82, 2.24) is 4.57 Å². The van der Waals surface area contributed by atoms with E-state index in [4.69, 9.17) is 5.11 Å². The largest absolute Gasteiger partial charge is 0.477 e. The third kappa shape index (κ3) is 1.67. The minimum absolute atomic E-state index is 0.0300. The highest BCUT2D eigenvalue weighted by Gasteiger charge is 2.32. The maximum absolute atomic E-state index is 12.4. The van der Waals surface area contributed by atoms with E-state index in [1.807, 2.05) is 0 Å². The Labute approximate surface area is 117 Å². The minimum atomic E-state index is -1.37. The van der Waals surface area contributed by atoms with Crippen molar-refractivity contribution in [2.75, 3.05) is 5.32 Å². The summed E-state index contributed by atoms with van der Waals surface area (Å²) in [5, 5.41) is 11.5. The van der Waals surface area contributed by atoms with Crippen molar-refractivity contribution in [1.29, 1.82) is 0 Å². The van der Waals surface area contributed by atoms with E-state index in [0.29, 0.717) is 12.1 Å². The first-order chi connectivity index (χ1) is 9.95. The summed E-state index contributed by atoms with van der Waals surface area (Å²) in [6, 6.07) is 3.12. The van der Waals surface area contributed by atoms with Crippen LogP contribution < -0.4 is 10.7 Å². The van der Waals surface area contributed by atoms with Crippen molar-refractivity contribution < 1.29 is 19.5 Å². The Balaban J connectivity index is 2.55. The molecular weight excluding hydrogens is 276 g/mol. The fraction of sp³-hybridized carbons (Fsp3) is 0.143. The Bertz CT molecular complexity index is 894. The molecule has 0 unspecified atom stereocenters. The molecule has 0 bridgehead atoms. The summed E-state index contributed by atoms with van der Waals surface area (Å²) in [5.41, 5.74) is -0.572. The van der Waals surface area contributed by atoms with E-state index in [1.54, 1.807) is 17.6 Å². The lowest BCUT2D eigenvalue weighted by Gasteiger charge is -2.11. The number of carboxylic acid groups (broad SMARTS) is 1. The number of Topliss-reactive ketones (excluding diaryl/α,β-unsaturated/α-hetero) is 1. The maximum atomic E-state index is 12.4. The molecule has 2 heterocycles. The van der Waals surface area contributed by atoms with Crippen LogP contribution in [0, 0.1) is 0 Å². The zero-order valence-corrected chi connectivity index (χ0v) is 11.0. The summed E-state index contributed by atoms with van der Waals surface area (Å²) in [5.74, 6) is -3.01. The predicted octanol–water partition coefficient (Wildman–Crippen LogP) is 0.854. The molecule has 21 heavy (non-hydrogen) atoms. The molecule has 0 saturated heterocycles. The first-order valence-electron chi connectivity index (χ1n) is 6.24. The molecule has 0 saturated carbocycles. The van der Waals surface area contributed by atoms with E-state index in [0.717, 1.165) is 0 Å². The van der Waals surface area contributed by atoms with Gasteiger partial charge in [-0.1, -0.05) is 0 Å². The number of aryl methyl sites for hydroxylation is 1. The van der Waals surface area contributed by atoms with E-state index < -0.39 is 28.7 Å².